The molecule has 0 rings (SSSR count). The number of nitrogens with one attached hydrogen (secondary N) is 2. The molecule has 2 amide bonds. The van der Waals surface area contributed by atoms with E-state index in [0.717, 1.165) is 25.7 Å². The summed E-state index contributed by atoms with van der Waals surface area (Å²) in [6.07, 6.45) is 12.9. The fourth-order valence-corrected chi connectivity index (χ4v) is 3.20. The van der Waals surface area contributed by atoms with Gasteiger partial charge in [-0.1, -0.05) is 65.2 Å². The summed E-state index contributed by atoms with van der Waals surface area (Å²) in [6, 6.07) is 0.481. The number of carbonyl (C=O) groups is 2. The predicted octanol–water partition coefficient (Wildman–Crippen LogP) is 4.65. The van der Waals surface area contributed by atoms with Crippen molar-refractivity contribution in [3.63, 3.8) is 0 Å². The molecule has 0 aromatic rings. The molecule has 2 unspecified atom stereocenters. The van der Waals surface area contributed by atoms with E-state index in [2.05, 4.69) is 50.3 Å². The Morgan fingerprint density at radius 2 is 1.04 bits per heavy atom. The van der Waals surface area contributed by atoms with Gasteiger partial charge in [-0.2, -0.15) is 0 Å². The van der Waals surface area contributed by atoms with Crippen LogP contribution in [-0.2, 0) is 9.59 Å². The predicted molar refractivity (Wildman–Crippen MR) is 119 cm³/mol. The smallest absolute Gasteiger partial charge is 0.220 e. The summed E-state index contributed by atoms with van der Waals surface area (Å²) in [5.74, 6) is 0.307. The van der Waals surface area contributed by atoms with Gasteiger partial charge in [0.15, 0.2) is 0 Å². The minimum Gasteiger partial charge on any atom is -0.355 e. The van der Waals surface area contributed by atoms with Crippen LogP contribution in [0, 0.1) is 0 Å². The summed E-state index contributed by atoms with van der Waals surface area (Å²) in [5, 5.41) is 6.10. The largest absolute Gasteiger partial charge is 0.355 e. The van der Waals surface area contributed by atoms with Crippen LogP contribution in [0.5, 0.6) is 0 Å². The lowest BCUT2D eigenvalue weighted by Gasteiger charge is -2.31. The molecule has 28 heavy (non-hydrogen) atoms. The normalized spacial score (nSPS) is 13.4. The molecule has 5 nitrogen and oxygen atoms in total. The van der Waals surface area contributed by atoms with E-state index in [0.29, 0.717) is 25.9 Å². The molecular weight excluding hydrogens is 350 g/mol. The SMILES string of the molecule is CCCCCCCC(=O)NCC(C)N(C)C(C)CNC(=O)CCCCCCC. The highest BCUT2D eigenvalue weighted by atomic mass is 16.2. The molecule has 0 radical (unpaired) electrons. The van der Waals surface area contributed by atoms with Gasteiger partial charge in [-0.05, 0) is 33.7 Å². The first-order valence-electron chi connectivity index (χ1n) is 11.7. The second kappa shape index (κ2) is 18.0. The van der Waals surface area contributed by atoms with Gasteiger partial charge >= 0.3 is 0 Å². The van der Waals surface area contributed by atoms with E-state index in [-0.39, 0.29) is 23.9 Å². The van der Waals surface area contributed by atoms with Crippen LogP contribution in [0.3, 0.4) is 0 Å². The number of carbonyl (C=O) groups excluding carboxylic acids is 2. The van der Waals surface area contributed by atoms with Crippen molar-refractivity contribution in [2.45, 2.75) is 117 Å². The Balaban J connectivity index is 3.87. The molecule has 0 aromatic heterocycles. The summed E-state index contributed by atoms with van der Waals surface area (Å²) in [5.41, 5.74) is 0. The van der Waals surface area contributed by atoms with Crippen molar-refractivity contribution < 1.29 is 9.59 Å². The van der Waals surface area contributed by atoms with E-state index >= 15 is 0 Å². The van der Waals surface area contributed by atoms with Gasteiger partial charge in [0.25, 0.3) is 0 Å². The number of nitrogens with zero attached hydrogens (tertiary/aromatic N) is 1. The molecule has 0 aliphatic carbocycles. The number of hydrogen-bond acceptors (Lipinski definition) is 3. The Labute approximate surface area is 174 Å². The van der Waals surface area contributed by atoms with Crippen molar-refractivity contribution in [2.75, 3.05) is 20.1 Å². The highest BCUT2D eigenvalue weighted by molar-refractivity contribution is 5.76. The van der Waals surface area contributed by atoms with Crippen molar-refractivity contribution in [3.8, 4) is 0 Å². The Bertz CT molecular complexity index is 365. The maximum Gasteiger partial charge on any atom is 0.220 e. The molecule has 0 aromatic carbocycles. The van der Waals surface area contributed by atoms with E-state index in [4.69, 9.17) is 0 Å². The Morgan fingerprint density at radius 3 is 1.39 bits per heavy atom. The van der Waals surface area contributed by atoms with Gasteiger partial charge in [0.05, 0.1) is 0 Å². The number of likely N-dealkylation sites (N-methyl/N-ethyl adjacent to an activating group) is 1. The average molecular weight is 398 g/mol. The molecule has 166 valence electrons. The first kappa shape index (κ1) is 26.9. The average Bonchev–Trinajstić information content (AvgIpc) is 2.69. The van der Waals surface area contributed by atoms with Crippen LogP contribution in [0.2, 0.25) is 0 Å². The quantitative estimate of drug-likeness (QED) is 0.331. The molecule has 0 heterocycles. The molecule has 0 bridgehead atoms. The van der Waals surface area contributed by atoms with Crippen LogP contribution >= 0.6 is 0 Å². The molecule has 0 aliphatic heterocycles. The van der Waals surface area contributed by atoms with Crippen molar-refractivity contribution in [1.82, 2.24) is 15.5 Å². The van der Waals surface area contributed by atoms with Crippen molar-refractivity contribution in [3.05, 3.63) is 0 Å². The maximum atomic E-state index is 12.0. The van der Waals surface area contributed by atoms with Crippen LogP contribution in [0.4, 0.5) is 0 Å². The van der Waals surface area contributed by atoms with Crippen molar-refractivity contribution in [2.24, 2.45) is 0 Å². The van der Waals surface area contributed by atoms with Gasteiger partial charge in [-0.3, -0.25) is 14.5 Å². The third kappa shape index (κ3) is 14.9. The van der Waals surface area contributed by atoms with Crippen molar-refractivity contribution >= 4 is 11.8 Å². The summed E-state index contributed by atoms with van der Waals surface area (Å²) < 4.78 is 0. The molecule has 0 spiro atoms. The minimum absolute atomic E-state index is 0.153. The zero-order valence-electron chi connectivity index (χ0n) is 19.3. The van der Waals surface area contributed by atoms with Gasteiger partial charge in [0.1, 0.15) is 0 Å². The molecular formula is C23H47N3O2. The van der Waals surface area contributed by atoms with Gasteiger partial charge in [0.2, 0.25) is 11.8 Å². The molecule has 0 fully saturated rings. The van der Waals surface area contributed by atoms with Gasteiger partial charge in [-0.15, -0.1) is 0 Å². The monoisotopic (exact) mass is 397 g/mol. The minimum atomic E-state index is 0.153. The van der Waals surface area contributed by atoms with E-state index in [9.17, 15) is 9.59 Å². The highest BCUT2D eigenvalue weighted by Gasteiger charge is 2.17. The summed E-state index contributed by atoms with van der Waals surface area (Å²) in [7, 11) is 2.06. The third-order valence-electron chi connectivity index (χ3n) is 5.59. The first-order chi connectivity index (χ1) is 13.4. The Morgan fingerprint density at radius 1 is 0.679 bits per heavy atom. The molecule has 0 aliphatic rings. The van der Waals surface area contributed by atoms with E-state index in [1.54, 1.807) is 0 Å². The lowest BCUT2D eigenvalue weighted by molar-refractivity contribution is -0.121. The van der Waals surface area contributed by atoms with Gasteiger partial charge < -0.3 is 10.6 Å². The van der Waals surface area contributed by atoms with Crippen LogP contribution < -0.4 is 10.6 Å². The molecule has 5 heteroatoms. The van der Waals surface area contributed by atoms with E-state index < -0.39 is 0 Å². The second-order valence-electron chi connectivity index (χ2n) is 8.30. The third-order valence-corrected chi connectivity index (χ3v) is 5.59. The lowest BCUT2D eigenvalue weighted by atomic mass is 10.1. The number of rotatable bonds is 18. The Kier molecular flexibility index (Phi) is 17.3. The summed E-state index contributed by atoms with van der Waals surface area (Å²) in [6.45, 7) is 9.94. The second-order valence-corrected chi connectivity index (χ2v) is 8.30. The Hall–Kier alpha value is -1.10. The van der Waals surface area contributed by atoms with Gasteiger partial charge in [0, 0.05) is 38.0 Å². The zero-order valence-corrected chi connectivity index (χ0v) is 19.3. The van der Waals surface area contributed by atoms with Crippen LogP contribution in [0.15, 0.2) is 0 Å². The molecule has 0 saturated heterocycles. The summed E-state index contributed by atoms with van der Waals surface area (Å²) in [4.78, 5) is 26.2. The maximum absolute atomic E-state index is 12.0. The fourth-order valence-electron chi connectivity index (χ4n) is 3.20. The molecule has 0 saturated carbocycles. The van der Waals surface area contributed by atoms with E-state index in [1.807, 2.05) is 0 Å². The topological polar surface area (TPSA) is 61.4 Å². The van der Waals surface area contributed by atoms with Crippen molar-refractivity contribution in [1.29, 1.82) is 0 Å². The molecule has 2 atom stereocenters. The number of hydrogen-bond donors (Lipinski definition) is 2. The van der Waals surface area contributed by atoms with Gasteiger partial charge in [-0.25, -0.2) is 0 Å². The van der Waals surface area contributed by atoms with Crippen LogP contribution in [0.1, 0.15) is 105 Å². The zero-order chi connectivity index (χ0) is 21.2. The standard InChI is InChI=1S/C23H47N3O2/c1-6-8-10-12-14-16-22(27)24-18-20(3)26(5)21(4)19-25-23(28)17-15-13-11-9-7-2/h20-21H,6-19H2,1-5H3,(H,24,27)(H,25,28). The number of unbranched alkanes of at least 4 members (excludes halogenated alkanes) is 8. The lowest BCUT2D eigenvalue weighted by Crippen LogP contribution is -2.48. The highest BCUT2D eigenvalue weighted by Crippen LogP contribution is 2.06. The van der Waals surface area contributed by atoms with Crippen LogP contribution in [0.25, 0.3) is 0 Å². The van der Waals surface area contributed by atoms with Crippen LogP contribution in [-0.4, -0.2) is 48.9 Å². The number of amides is 2. The summed E-state index contributed by atoms with van der Waals surface area (Å²) >= 11 is 0. The van der Waals surface area contributed by atoms with E-state index in [1.165, 1.54) is 38.5 Å². The fraction of sp³-hybridized carbons (Fsp3) is 0.913. The molecule has 2 N–H and O–H groups in total. The first-order valence-corrected chi connectivity index (χ1v) is 11.7.